The van der Waals surface area contributed by atoms with Gasteiger partial charge in [-0.2, -0.15) is 11.3 Å². The number of rotatable bonds is 2. The van der Waals surface area contributed by atoms with Crippen molar-refractivity contribution in [2.24, 2.45) is 0 Å². The summed E-state index contributed by atoms with van der Waals surface area (Å²) in [5.74, 6) is 0.336. The summed E-state index contributed by atoms with van der Waals surface area (Å²) in [7, 11) is 0. The third-order valence-electron chi connectivity index (χ3n) is 2.66. The molecular formula is C13H9BrN2OS. The van der Waals surface area contributed by atoms with Crippen molar-refractivity contribution in [2.45, 2.75) is 0 Å². The first-order valence-corrected chi connectivity index (χ1v) is 7.03. The first-order valence-electron chi connectivity index (χ1n) is 5.30. The lowest BCUT2D eigenvalue weighted by atomic mass is 10.0. The summed E-state index contributed by atoms with van der Waals surface area (Å²) in [5.41, 5.74) is 9.52. The maximum Gasteiger partial charge on any atom is 0.230 e. The van der Waals surface area contributed by atoms with Crippen molar-refractivity contribution in [3.8, 4) is 22.4 Å². The average Bonchev–Trinajstić information content (AvgIpc) is 2.99. The van der Waals surface area contributed by atoms with Gasteiger partial charge in [-0.15, -0.1) is 0 Å². The molecule has 18 heavy (non-hydrogen) atoms. The van der Waals surface area contributed by atoms with Gasteiger partial charge in [0.25, 0.3) is 0 Å². The van der Waals surface area contributed by atoms with Gasteiger partial charge in [0.05, 0.1) is 5.56 Å². The Bertz CT molecular complexity index is 676. The third-order valence-corrected chi connectivity index (χ3v) is 4.03. The van der Waals surface area contributed by atoms with Crippen LogP contribution in [0.2, 0.25) is 0 Å². The van der Waals surface area contributed by atoms with Gasteiger partial charge >= 0.3 is 0 Å². The van der Waals surface area contributed by atoms with E-state index in [1.165, 1.54) is 0 Å². The first-order chi connectivity index (χ1) is 8.77. The molecule has 3 rings (SSSR count). The van der Waals surface area contributed by atoms with Gasteiger partial charge in [-0.05, 0) is 17.5 Å². The van der Waals surface area contributed by atoms with E-state index in [2.05, 4.69) is 21.1 Å². The van der Waals surface area contributed by atoms with Crippen LogP contribution in [0.5, 0.6) is 0 Å². The molecule has 3 aromatic rings. The average molecular weight is 321 g/mol. The molecule has 2 aromatic heterocycles. The van der Waals surface area contributed by atoms with Gasteiger partial charge in [0.1, 0.15) is 5.69 Å². The second-order valence-electron chi connectivity index (χ2n) is 3.76. The van der Waals surface area contributed by atoms with Gasteiger partial charge in [0, 0.05) is 21.0 Å². The Kier molecular flexibility index (Phi) is 2.93. The molecule has 0 aliphatic carbocycles. The molecule has 0 spiro atoms. The Morgan fingerprint density at radius 1 is 1.22 bits per heavy atom. The zero-order valence-electron chi connectivity index (χ0n) is 9.26. The van der Waals surface area contributed by atoms with Crippen molar-refractivity contribution in [2.75, 3.05) is 5.73 Å². The Labute approximate surface area is 116 Å². The lowest BCUT2D eigenvalue weighted by Gasteiger charge is -2.03. The predicted molar refractivity (Wildman–Crippen MR) is 77.4 cm³/mol. The molecular weight excluding hydrogens is 312 g/mol. The Morgan fingerprint density at radius 3 is 2.78 bits per heavy atom. The number of nitrogens with two attached hydrogens (primary N) is 1. The lowest BCUT2D eigenvalue weighted by Crippen LogP contribution is -1.87. The van der Waals surface area contributed by atoms with Crippen LogP contribution in [0.3, 0.4) is 0 Å². The summed E-state index contributed by atoms with van der Waals surface area (Å²) in [6.45, 7) is 0. The maximum atomic E-state index is 5.90. The molecule has 2 heterocycles. The van der Waals surface area contributed by atoms with E-state index in [1.807, 2.05) is 41.1 Å². The summed E-state index contributed by atoms with van der Waals surface area (Å²) < 4.78 is 6.11. The molecule has 0 fully saturated rings. The zero-order valence-corrected chi connectivity index (χ0v) is 11.7. The van der Waals surface area contributed by atoms with Gasteiger partial charge in [0.2, 0.25) is 5.88 Å². The molecule has 5 heteroatoms. The monoisotopic (exact) mass is 320 g/mol. The SMILES string of the molecule is Nc1onc(-c2ccsc2)c1-c1ccccc1Br. The minimum Gasteiger partial charge on any atom is -0.367 e. The highest BCUT2D eigenvalue weighted by atomic mass is 79.9. The van der Waals surface area contributed by atoms with Gasteiger partial charge < -0.3 is 10.3 Å². The van der Waals surface area contributed by atoms with E-state index in [9.17, 15) is 0 Å². The lowest BCUT2D eigenvalue weighted by molar-refractivity contribution is 0.439. The van der Waals surface area contributed by atoms with E-state index >= 15 is 0 Å². The van der Waals surface area contributed by atoms with E-state index in [0.717, 1.165) is 26.9 Å². The highest BCUT2D eigenvalue weighted by Crippen LogP contribution is 2.39. The van der Waals surface area contributed by atoms with Gasteiger partial charge in [0.15, 0.2) is 0 Å². The van der Waals surface area contributed by atoms with Crippen molar-refractivity contribution >= 4 is 33.2 Å². The van der Waals surface area contributed by atoms with Gasteiger partial charge in [-0.1, -0.05) is 39.3 Å². The number of anilines is 1. The molecule has 0 radical (unpaired) electrons. The van der Waals surface area contributed by atoms with Crippen molar-refractivity contribution < 1.29 is 4.52 Å². The number of aromatic nitrogens is 1. The van der Waals surface area contributed by atoms with Crippen LogP contribution in [0.1, 0.15) is 0 Å². The maximum absolute atomic E-state index is 5.90. The molecule has 1 aromatic carbocycles. The van der Waals surface area contributed by atoms with Crippen LogP contribution in [-0.4, -0.2) is 5.16 Å². The smallest absolute Gasteiger partial charge is 0.230 e. The normalized spacial score (nSPS) is 10.7. The second kappa shape index (κ2) is 4.59. The Hall–Kier alpha value is -1.59. The molecule has 0 saturated carbocycles. The molecule has 0 amide bonds. The highest BCUT2D eigenvalue weighted by molar-refractivity contribution is 9.10. The number of benzene rings is 1. The molecule has 0 aliphatic rings. The summed E-state index contributed by atoms with van der Waals surface area (Å²) in [6.07, 6.45) is 0. The van der Waals surface area contributed by atoms with Crippen LogP contribution in [0.4, 0.5) is 5.88 Å². The summed E-state index contributed by atoms with van der Waals surface area (Å²) >= 11 is 5.14. The number of hydrogen-bond donors (Lipinski definition) is 1. The topological polar surface area (TPSA) is 52.0 Å². The summed E-state index contributed by atoms with van der Waals surface area (Å²) in [6, 6.07) is 9.88. The standard InChI is InChI=1S/C13H9BrN2OS/c14-10-4-2-1-3-9(10)11-12(16-17-13(11)15)8-5-6-18-7-8/h1-7H,15H2. The van der Waals surface area contributed by atoms with Crippen LogP contribution >= 0.6 is 27.3 Å². The largest absolute Gasteiger partial charge is 0.367 e. The number of nitrogen functional groups attached to an aromatic ring is 1. The fraction of sp³-hybridized carbons (Fsp3) is 0. The quantitative estimate of drug-likeness (QED) is 0.760. The van der Waals surface area contributed by atoms with Crippen LogP contribution < -0.4 is 5.73 Å². The van der Waals surface area contributed by atoms with E-state index < -0.39 is 0 Å². The molecule has 90 valence electrons. The fourth-order valence-corrected chi connectivity index (χ4v) is 2.95. The Morgan fingerprint density at radius 2 is 2.06 bits per heavy atom. The van der Waals surface area contributed by atoms with Crippen molar-refractivity contribution in [3.63, 3.8) is 0 Å². The molecule has 0 aliphatic heterocycles. The third kappa shape index (κ3) is 1.85. The first kappa shape index (κ1) is 11.5. The summed E-state index contributed by atoms with van der Waals surface area (Å²) in [5, 5.41) is 8.09. The predicted octanol–water partition coefficient (Wildman–Crippen LogP) is 4.41. The van der Waals surface area contributed by atoms with E-state index in [4.69, 9.17) is 10.3 Å². The van der Waals surface area contributed by atoms with E-state index in [1.54, 1.807) is 11.3 Å². The molecule has 0 unspecified atom stereocenters. The molecule has 2 N–H and O–H groups in total. The molecule has 3 nitrogen and oxygen atoms in total. The number of hydrogen-bond acceptors (Lipinski definition) is 4. The van der Waals surface area contributed by atoms with Crippen molar-refractivity contribution in [3.05, 3.63) is 45.6 Å². The van der Waals surface area contributed by atoms with Crippen molar-refractivity contribution in [1.29, 1.82) is 0 Å². The number of halogens is 1. The fourth-order valence-electron chi connectivity index (χ4n) is 1.82. The second-order valence-corrected chi connectivity index (χ2v) is 5.40. The van der Waals surface area contributed by atoms with E-state index in [0.29, 0.717) is 5.88 Å². The van der Waals surface area contributed by atoms with Crippen LogP contribution in [0, 0.1) is 0 Å². The Balaban J connectivity index is 2.24. The van der Waals surface area contributed by atoms with Crippen LogP contribution in [-0.2, 0) is 0 Å². The minimum absolute atomic E-state index is 0.336. The number of thiophene rings is 1. The van der Waals surface area contributed by atoms with Crippen LogP contribution in [0.15, 0.2) is 50.1 Å². The van der Waals surface area contributed by atoms with Crippen molar-refractivity contribution in [1.82, 2.24) is 5.16 Å². The molecule has 0 atom stereocenters. The van der Waals surface area contributed by atoms with E-state index in [-0.39, 0.29) is 0 Å². The number of nitrogens with zero attached hydrogens (tertiary/aromatic N) is 1. The zero-order chi connectivity index (χ0) is 12.5. The minimum atomic E-state index is 0.336. The molecule has 0 bridgehead atoms. The van der Waals surface area contributed by atoms with Gasteiger partial charge in [-0.25, -0.2) is 0 Å². The molecule has 0 saturated heterocycles. The highest BCUT2D eigenvalue weighted by Gasteiger charge is 2.19. The van der Waals surface area contributed by atoms with Gasteiger partial charge in [-0.3, -0.25) is 0 Å². The van der Waals surface area contributed by atoms with Crippen LogP contribution in [0.25, 0.3) is 22.4 Å². The summed E-state index contributed by atoms with van der Waals surface area (Å²) in [4.78, 5) is 0.